The monoisotopic (exact) mass is 633 g/mol. The van der Waals surface area contributed by atoms with Crippen molar-refractivity contribution in [3.63, 3.8) is 0 Å². The summed E-state index contributed by atoms with van der Waals surface area (Å²) >= 11 is 0. The van der Waals surface area contributed by atoms with Crippen LogP contribution in [0, 0.1) is 6.92 Å². The maximum absolute atomic E-state index is 12.2. The number of hydrogen-bond donors (Lipinski definition) is 4. The maximum Gasteiger partial charge on any atom is 0.490 e. The standard InChI is InChI=1S/C21H29F2N5O.2C2HF3O2/c1-14-12-25-21(27-19(14)28(2)3)26-17-8-6-16(7-9-17)24-13-15-4-10-18(11-5-15)29-20(22)23;2*3-2(4,5)1(6)7/h4-5,10-12,16-17,20,24H,6-9,13H2,1-3H3,(H,25,26,27);2*(H,6,7). The molecule has 242 valence electrons. The van der Waals surface area contributed by atoms with Crippen LogP contribution in [-0.4, -0.2) is 77.3 Å². The van der Waals surface area contributed by atoms with Crippen molar-refractivity contribution in [1.29, 1.82) is 0 Å². The van der Waals surface area contributed by atoms with Gasteiger partial charge in [-0.3, -0.25) is 0 Å². The van der Waals surface area contributed by atoms with Gasteiger partial charge in [0.15, 0.2) is 0 Å². The van der Waals surface area contributed by atoms with Crippen LogP contribution in [0.3, 0.4) is 0 Å². The summed E-state index contributed by atoms with van der Waals surface area (Å²) in [6.45, 7) is -0.0667. The number of aryl methyl sites for hydroxylation is 1. The number of carboxylic acid groups (broad SMARTS) is 2. The van der Waals surface area contributed by atoms with Gasteiger partial charge < -0.3 is 30.5 Å². The summed E-state index contributed by atoms with van der Waals surface area (Å²) in [5, 5.41) is 21.3. The summed E-state index contributed by atoms with van der Waals surface area (Å²) < 4.78 is 92.3. The van der Waals surface area contributed by atoms with Crippen LogP contribution in [-0.2, 0) is 16.1 Å². The van der Waals surface area contributed by atoms with Crippen LogP contribution in [0.25, 0.3) is 0 Å². The normalized spacial score (nSPS) is 16.7. The number of alkyl halides is 8. The van der Waals surface area contributed by atoms with Crippen LogP contribution >= 0.6 is 0 Å². The molecule has 43 heavy (non-hydrogen) atoms. The smallest absolute Gasteiger partial charge is 0.475 e. The molecule has 1 aromatic heterocycles. The molecule has 18 heteroatoms. The number of hydrogen-bond acceptors (Lipinski definition) is 8. The lowest BCUT2D eigenvalue weighted by molar-refractivity contribution is -0.193. The lowest BCUT2D eigenvalue weighted by atomic mass is 9.91. The molecule has 4 N–H and O–H groups in total. The Balaban J connectivity index is 0.000000548. The molecule has 3 rings (SSSR count). The predicted molar refractivity (Wildman–Crippen MR) is 138 cm³/mol. The summed E-state index contributed by atoms with van der Waals surface area (Å²) in [7, 11) is 3.96. The molecule has 1 saturated carbocycles. The van der Waals surface area contributed by atoms with Crippen molar-refractivity contribution in [1.82, 2.24) is 15.3 Å². The molecular weight excluding hydrogens is 602 g/mol. The van der Waals surface area contributed by atoms with Crippen molar-refractivity contribution >= 4 is 23.7 Å². The molecule has 1 aromatic carbocycles. The Morgan fingerprint density at radius 3 is 1.84 bits per heavy atom. The number of ether oxygens (including phenoxy) is 1. The third-order valence-corrected chi connectivity index (χ3v) is 5.66. The molecule has 1 aliphatic carbocycles. The average molecular weight is 634 g/mol. The molecule has 1 aliphatic rings. The molecule has 10 nitrogen and oxygen atoms in total. The third-order valence-electron chi connectivity index (χ3n) is 5.66. The number of benzene rings is 1. The van der Waals surface area contributed by atoms with Crippen LogP contribution in [0.4, 0.5) is 46.9 Å². The average Bonchev–Trinajstić information content (AvgIpc) is 2.89. The van der Waals surface area contributed by atoms with Crippen molar-refractivity contribution in [2.45, 2.75) is 70.2 Å². The van der Waals surface area contributed by atoms with Crippen molar-refractivity contribution in [3.05, 3.63) is 41.6 Å². The third kappa shape index (κ3) is 14.7. The zero-order valence-corrected chi connectivity index (χ0v) is 23.1. The molecule has 0 bridgehead atoms. The number of nitrogens with one attached hydrogen (secondary N) is 2. The molecule has 1 heterocycles. The molecule has 0 radical (unpaired) electrons. The fourth-order valence-electron chi connectivity index (χ4n) is 3.63. The Morgan fingerprint density at radius 2 is 1.42 bits per heavy atom. The first-order valence-electron chi connectivity index (χ1n) is 12.4. The van der Waals surface area contributed by atoms with Crippen molar-refractivity contribution in [2.24, 2.45) is 0 Å². The summed E-state index contributed by atoms with van der Waals surface area (Å²) in [5.74, 6) is -3.71. The minimum absolute atomic E-state index is 0.186. The van der Waals surface area contributed by atoms with E-state index < -0.39 is 30.9 Å². The van der Waals surface area contributed by atoms with Crippen LogP contribution < -0.4 is 20.3 Å². The number of carbonyl (C=O) groups is 2. The molecule has 0 atom stereocenters. The van der Waals surface area contributed by atoms with Crippen molar-refractivity contribution < 1.29 is 59.7 Å². The maximum atomic E-state index is 12.2. The predicted octanol–water partition coefficient (Wildman–Crippen LogP) is 5.23. The highest BCUT2D eigenvalue weighted by atomic mass is 19.4. The highest BCUT2D eigenvalue weighted by Crippen LogP contribution is 2.23. The quantitative estimate of drug-likeness (QED) is 0.286. The highest BCUT2D eigenvalue weighted by molar-refractivity contribution is 5.73. The SMILES string of the molecule is Cc1cnc(NC2CCC(NCc3ccc(OC(F)F)cc3)CC2)nc1N(C)C.O=C(O)C(F)(F)F.O=C(O)C(F)(F)F. The molecule has 1 fully saturated rings. The lowest BCUT2D eigenvalue weighted by Gasteiger charge is -2.30. The van der Waals surface area contributed by atoms with E-state index in [4.69, 9.17) is 19.8 Å². The second-order valence-corrected chi connectivity index (χ2v) is 9.30. The topological polar surface area (TPSA) is 137 Å². The molecule has 0 saturated heterocycles. The largest absolute Gasteiger partial charge is 0.490 e. The van der Waals surface area contributed by atoms with Gasteiger partial charge in [0.2, 0.25) is 5.95 Å². The Morgan fingerprint density at radius 1 is 0.953 bits per heavy atom. The van der Waals surface area contributed by atoms with E-state index in [2.05, 4.69) is 25.3 Å². The number of carboxylic acids is 2. The first-order chi connectivity index (χ1) is 19.8. The second-order valence-electron chi connectivity index (χ2n) is 9.30. The number of aromatic nitrogens is 2. The summed E-state index contributed by atoms with van der Waals surface area (Å²) in [5.41, 5.74) is 2.11. The Kier molecular flexibility index (Phi) is 14.3. The Hall–Kier alpha value is -3.96. The van der Waals surface area contributed by atoms with E-state index in [-0.39, 0.29) is 5.75 Å². The van der Waals surface area contributed by atoms with Gasteiger partial charge >= 0.3 is 30.9 Å². The van der Waals surface area contributed by atoms with Gasteiger partial charge in [-0.2, -0.15) is 40.1 Å². The Labute approximate surface area is 241 Å². The van der Waals surface area contributed by atoms with E-state index >= 15 is 0 Å². The molecule has 0 aliphatic heterocycles. The van der Waals surface area contributed by atoms with Gasteiger partial charge in [-0.1, -0.05) is 12.1 Å². The highest BCUT2D eigenvalue weighted by Gasteiger charge is 2.38. The van der Waals surface area contributed by atoms with Crippen LogP contribution in [0.5, 0.6) is 5.75 Å². The number of rotatable bonds is 8. The van der Waals surface area contributed by atoms with E-state index in [1.807, 2.05) is 44.2 Å². The van der Waals surface area contributed by atoms with E-state index in [0.29, 0.717) is 24.6 Å². The number of nitrogens with zero attached hydrogens (tertiary/aromatic N) is 3. The number of halogens is 8. The molecule has 0 unspecified atom stereocenters. The fraction of sp³-hybridized carbons (Fsp3) is 0.520. The minimum atomic E-state index is -5.08. The molecular formula is C25H31F8N5O5. The molecule has 0 spiro atoms. The minimum Gasteiger partial charge on any atom is -0.475 e. The van der Waals surface area contributed by atoms with Gasteiger partial charge in [0, 0.05) is 44.5 Å². The van der Waals surface area contributed by atoms with Gasteiger partial charge in [-0.15, -0.1) is 0 Å². The first kappa shape index (κ1) is 37.1. The van der Waals surface area contributed by atoms with E-state index in [1.54, 1.807) is 12.1 Å². The van der Waals surface area contributed by atoms with Gasteiger partial charge in [-0.05, 0) is 50.3 Å². The molecule has 0 amide bonds. The zero-order chi connectivity index (χ0) is 33.0. The number of anilines is 2. The van der Waals surface area contributed by atoms with Gasteiger partial charge in [0.05, 0.1) is 0 Å². The van der Waals surface area contributed by atoms with Gasteiger partial charge in [-0.25, -0.2) is 14.6 Å². The van der Waals surface area contributed by atoms with Crippen molar-refractivity contribution in [3.8, 4) is 5.75 Å². The van der Waals surface area contributed by atoms with E-state index in [9.17, 15) is 35.1 Å². The van der Waals surface area contributed by atoms with Crippen LogP contribution in [0.15, 0.2) is 30.5 Å². The van der Waals surface area contributed by atoms with Crippen LogP contribution in [0.1, 0.15) is 36.8 Å². The van der Waals surface area contributed by atoms with Gasteiger partial charge in [0.25, 0.3) is 0 Å². The van der Waals surface area contributed by atoms with Crippen LogP contribution in [0.2, 0.25) is 0 Å². The summed E-state index contributed by atoms with van der Waals surface area (Å²) in [6.07, 6.45) is -4.08. The fourth-order valence-corrected chi connectivity index (χ4v) is 3.63. The van der Waals surface area contributed by atoms with E-state index in [1.165, 1.54) is 0 Å². The second kappa shape index (κ2) is 16.6. The summed E-state index contributed by atoms with van der Waals surface area (Å²) in [6, 6.07) is 7.60. The summed E-state index contributed by atoms with van der Waals surface area (Å²) in [4.78, 5) is 28.8. The van der Waals surface area contributed by atoms with Gasteiger partial charge in [0.1, 0.15) is 11.6 Å². The van der Waals surface area contributed by atoms with Crippen molar-refractivity contribution in [2.75, 3.05) is 24.3 Å². The first-order valence-corrected chi connectivity index (χ1v) is 12.4. The Bertz CT molecular complexity index is 1130. The van der Waals surface area contributed by atoms with E-state index in [0.717, 1.165) is 42.6 Å². The molecule has 2 aromatic rings. The number of aliphatic carboxylic acids is 2. The zero-order valence-electron chi connectivity index (χ0n) is 23.1. The lowest BCUT2D eigenvalue weighted by Crippen LogP contribution is -2.37.